The van der Waals surface area contributed by atoms with E-state index in [0.29, 0.717) is 6.42 Å². The van der Waals surface area contributed by atoms with Crippen molar-refractivity contribution in [2.45, 2.75) is 64.7 Å². The number of hydrogen-bond donors (Lipinski definition) is 0. The third-order valence-corrected chi connectivity index (χ3v) is 3.28. The first-order chi connectivity index (χ1) is 7.48. The Hall–Kier alpha value is 0.580. The molecule has 0 bridgehead atoms. The van der Waals surface area contributed by atoms with Gasteiger partial charge in [0.05, 0.1) is 0 Å². The van der Waals surface area contributed by atoms with Crippen LogP contribution in [-0.4, -0.2) is 18.1 Å². The van der Waals surface area contributed by atoms with Crippen LogP contribution in [0.1, 0.15) is 64.7 Å². The SMILES string of the molecule is CCCCCCCCCCC(=O)S(=O)(=O)[O-].[Na+]. The van der Waals surface area contributed by atoms with E-state index in [1.165, 1.54) is 25.7 Å². The van der Waals surface area contributed by atoms with Crippen LogP contribution in [0.4, 0.5) is 0 Å². The molecule has 0 N–H and O–H groups in total. The average Bonchev–Trinajstić information content (AvgIpc) is 2.20. The van der Waals surface area contributed by atoms with E-state index in [1.54, 1.807) is 0 Å². The second-order valence-electron chi connectivity index (χ2n) is 4.05. The fraction of sp³-hybridized carbons (Fsp3) is 0.909. The van der Waals surface area contributed by atoms with Gasteiger partial charge in [-0.25, -0.2) is 8.42 Å². The fourth-order valence-corrected chi connectivity index (χ4v) is 1.92. The van der Waals surface area contributed by atoms with Crippen molar-refractivity contribution in [2.75, 3.05) is 0 Å². The second-order valence-corrected chi connectivity index (χ2v) is 5.41. The van der Waals surface area contributed by atoms with Crippen molar-refractivity contribution >= 4 is 15.2 Å². The maximum Gasteiger partial charge on any atom is 1.00 e. The molecule has 0 rings (SSSR count). The van der Waals surface area contributed by atoms with Crippen molar-refractivity contribution in [2.24, 2.45) is 0 Å². The normalized spacial score (nSPS) is 10.9. The summed E-state index contributed by atoms with van der Waals surface area (Å²) >= 11 is 0. The minimum atomic E-state index is -4.70. The van der Waals surface area contributed by atoms with E-state index in [-0.39, 0.29) is 36.0 Å². The first-order valence-electron chi connectivity index (χ1n) is 5.97. The summed E-state index contributed by atoms with van der Waals surface area (Å²) in [5.74, 6) is 0. The van der Waals surface area contributed by atoms with Crippen molar-refractivity contribution in [1.82, 2.24) is 0 Å². The first-order valence-corrected chi connectivity index (χ1v) is 7.38. The Labute approximate surface area is 127 Å². The van der Waals surface area contributed by atoms with Crippen LogP contribution >= 0.6 is 0 Å². The number of hydrogen-bond acceptors (Lipinski definition) is 4. The van der Waals surface area contributed by atoms with Crippen LogP contribution < -0.4 is 29.6 Å². The van der Waals surface area contributed by atoms with Gasteiger partial charge in [0.2, 0.25) is 5.12 Å². The molecule has 0 aromatic heterocycles. The summed E-state index contributed by atoms with van der Waals surface area (Å²) in [6.45, 7) is 2.16. The molecule has 96 valence electrons. The number of rotatable bonds is 9. The van der Waals surface area contributed by atoms with Crippen LogP contribution in [0, 0.1) is 0 Å². The van der Waals surface area contributed by atoms with Gasteiger partial charge in [0.25, 0.3) is 0 Å². The minimum Gasteiger partial charge on any atom is -0.742 e. The topological polar surface area (TPSA) is 74.3 Å². The van der Waals surface area contributed by atoms with Crippen molar-refractivity contribution in [3.8, 4) is 0 Å². The summed E-state index contributed by atoms with van der Waals surface area (Å²) in [6, 6.07) is 0. The molecule has 0 atom stereocenters. The quantitative estimate of drug-likeness (QED) is 0.325. The molecule has 6 heteroatoms. The summed E-state index contributed by atoms with van der Waals surface area (Å²) in [4.78, 5) is 10.7. The Morgan fingerprint density at radius 2 is 1.35 bits per heavy atom. The second kappa shape index (κ2) is 11.7. The molecule has 0 saturated heterocycles. The van der Waals surface area contributed by atoms with Crippen LogP contribution in [0.25, 0.3) is 0 Å². The van der Waals surface area contributed by atoms with Gasteiger partial charge in [0.1, 0.15) is 0 Å². The van der Waals surface area contributed by atoms with Crippen LogP contribution in [0.15, 0.2) is 0 Å². The third kappa shape index (κ3) is 12.8. The van der Waals surface area contributed by atoms with E-state index < -0.39 is 15.2 Å². The zero-order chi connectivity index (χ0) is 12.4. The van der Waals surface area contributed by atoms with Crippen molar-refractivity contribution in [1.29, 1.82) is 0 Å². The fourth-order valence-electron chi connectivity index (χ4n) is 1.53. The maximum atomic E-state index is 10.7. The minimum absolute atomic E-state index is 0. The van der Waals surface area contributed by atoms with E-state index in [9.17, 15) is 17.8 Å². The summed E-state index contributed by atoms with van der Waals surface area (Å²) in [5.41, 5.74) is 0. The van der Waals surface area contributed by atoms with Gasteiger partial charge in [0, 0.05) is 6.42 Å². The Bertz CT molecular complexity index is 288. The molecule has 17 heavy (non-hydrogen) atoms. The monoisotopic (exact) mass is 272 g/mol. The number of carbonyl (C=O) groups is 1. The zero-order valence-corrected chi connectivity index (χ0v) is 13.7. The van der Waals surface area contributed by atoms with Crippen molar-refractivity contribution in [3.63, 3.8) is 0 Å². The molecule has 0 saturated carbocycles. The molecular weight excluding hydrogens is 251 g/mol. The molecular formula is C11H21NaO4S. The van der Waals surface area contributed by atoms with Crippen LogP contribution in [0.2, 0.25) is 0 Å². The Morgan fingerprint density at radius 3 is 1.76 bits per heavy atom. The Balaban J connectivity index is 0. The van der Waals surface area contributed by atoms with Crippen molar-refractivity contribution in [3.05, 3.63) is 0 Å². The van der Waals surface area contributed by atoms with E-state index in [4.69, 9.17) is 0 Å². The maximum absolute atomic E-state index is 10.7. The largest absolute Gasteiger partial charge is 1.00 e. The Kier molecular flexibility index (Phi) is 13.7. The van der Waals surface area contributed by atoms with Crippen LogP contribution in [0.3, 0.4) is 0 Å². The molecule has 0 aliphatic carbocycles. The summed E-state index contributed by atoms with van der Waals surface area (Å²) < 4.78 is 30.8. The summed E-state index contributed by atoms with van der Waals surface area (Å²) in [6.07, 6.45) is 8.26. The van der Waals surface area contributed by atoms with E-state index >= 15 is 0 Å². The van der Waals surface area contributed by atoms with Gasteiger partial charge in [-0.3, -0.25) is 4.79 Å². The van der Waals surface area contributed by atoms with E-state index in [0.717, 1.165) is 19.3 Å². The number of unbranched alkanes of at least 4 members (excludes halogenated alkanes) is 7. The van der Waals surface area contributed by atoms with Gasteiger partial charge < -0.3 is 4.55 Å². The summed E-state index contributed by atoms with van der Waals surface area (Å²) in [7, 11) is -4.70. The predicted molar refractivity (Wildman–Crippen MR) is 61.9 cm³/mol. The van der Waals surface area contributed by atoms with Gasteiger partial charge in [-0.2, -0.15) is 0 Å². The smallest absolute Gasteiger partial charge is 0.742 e. The standard InChI is InChI=1S/C11H22O4S.Na/c1-2-3-4-5-6-7-8-9-10-11(12)16(13,14)15;/h2-10H2,1H3,(H,13,14,15);/q;+1/p-1. The molecule has 0 spiro atoms. The summed E-state index contributed by atoms with van der Waals surface area (Å²) in [5, 5.41) is -1.17. The molecule has 0 radical (unpaired) electrons. The third-order valence-electron chi connectivity index (χ3n) is 2.51. The van der Waals surface area contributed by atoms with Crippen LogP contribution in [-0.2, 0) is 14.9 Å². The van der Waals surface area contributed by atoms with E-state index in [2.05, 4.69) is 6.92 Å². The predicted octanol–water partition coefficient (Wildman–Crippen LogP) is -0.407. The molecule has 0 unspecified atom stereocenters. The average molecular weight is 272 g/mol. The molecule has 0 aromatic carbocycles. The van der Waals surface area contributed by atoms with E-state index in [1.807, 2.05) is 0 Å². The molecule has 0 aliphatic heterocycles. The zero-order valence-electron chi connectivity index (χ0n) is 10.9. The number of carbonyl (C=O) groups excluding carboxylic acids is 1. The van der Waals surface area contributed by atoms with Gasteiger partial charge in [-0.05, 0) is 6.42 Å². The van der Waals surface area contributed by atoms with Gasteiger partial charge in [0.15, 0.2) is 10.1 Å². The molecule has 0 aliphatic rings. The molecule has 4 nitrogen and oxygen atoms in total. The van der Waals surface area contributed by atoms with Gasteiger partial charge >= 0.3 is 29.6 Å². The van der Waals surface area contributed by atoms with Crippen molar-refractivity contribution < 1.29 is 47.3 Å². The molecule has 0 amide bonds. The molecule has 0 heterocycles. The van der Waals surface area contributed by atoms with Crippen LogP contribution in [0.5, 0.6) is 0 Å². The Morgan fingerprint density at radius 1 is 0.941 bits per heavy atom. The first kappa shape index (κ1) is 19.9. The van der Waals surface area contributed by atoms with Gasteiger partial charge in [-0.1, -0.05) is 51.9 Å². The molecule has 0 aromatic rings. The van der Waals surface area contributed by atoms with Gasteiger partial charge in [-0.15, -0.1) is 0 Å². The molecule has 0 fully saturated rings.